The molecule has 1 aromatic rings. The van der Waals surface area contributed by atoms with E-state index in [4.69, 9.17) is 5.73 Å². The Bertz CT molecular complexity index is 359. The maximum Gasteiger partial charge on any atom is 0.0581 e. The standard InChI is InChI=1S/C12H20N4/c1-3-5-6-14-12(8-13)11-9-15-16(10-11)7-4-2/h9-10,12,14H,4,6-8,13H2,1-2H3. The Morgan fingerprint density at radius 2 is 2.44 bits per heavy atom. The van der Waals surface area contributed by atoms with E-state index in [9.17, 15) is 0 Å². The first-order valence-corrected chi connectivity index (χ1v) is 5.67. The second-order valence-electron chi connectivity index (χ2n) is 3.63. The zero-order valence-corrected chi connectivity index (χ0v) is 10.0. The fourth-order valence-corrected chi connectivity index (χ4v) is 1.51. The minimum absolute atomic E-state index is 0.145. The summed E-state index contributed by atoms with van der Waals surface area (Å²) in [7, 11) is 0. The van der Waals surface area contributed by atoms with Crippen molar-refractivity contribution in [2.75, 3.05) is 13.1 Å². The van der Waals surface area contributed by atoms with Gasteiger partial charge in [-0.3, -0.25) is 10.00 Å². The van der Waals surface area contributed by atoms with Crippen molar-refractivity contribution in [2.24, 2.45) is 5.73 Å². The lowest BCUT2D eigenvalue weighted by molar-refractivity contribution is 0.575. The number of aryl methyl sites for hydroxylation is 1. The molecule has 1 heterocycles. The Kier molecular flexibility index (Phi) is 5.62. The molecule has 4 heteroatoms. The monoisotopic (exact) mass is 220 g/mol. The topological polar surface area (TPSA) is 55.9 Å². The van der Waals surface area contributed by atoms with Crippen molar-refractivity contribution >= 4 is 0 Å². The average molecular weight is 220 g/mol. The molecule has 0 aliphatic rings. The molecule has 3 N–H and O–H groups in total. The van der Waals surface area contributed by atoms with Crippen LogP contribution in [-0.2, 0) is 6.54 Å². The molecule has 0 fully saturated rings. The molecule has 1 rings (SSSR count). The Labute approximate surface area is 97.2 Å². The lowest BCUT2D eigenvalue weighted by Crippen LogP contribution is -2.28. The molecular weight excluding hydrogens is 200 g/mol. The van der Waals surface area contributed by atoms with E-state index in [0.717, 1.165) is 18.5 Å². The van der Waals surface area contributed by atoms with Gasteiger partial charge < -0.3 is 5.73 Å². The van der Waals surface area contributed by atoms with Crippen LogP contribution >= 0.6 is 0 Å². The Hall–Kier alpha value is -1.31. The van der Waals surface area contributed by atoms with E-state index in [-0.39, 0.29) is 6.04 Å². The molecule has 0 aliphatic heterocycles. The molecule has 0 saturated heterocycles. The molecule has 0 amide bonds. The molecule has 4 nitrogen and oxygen atoms in total. The summed E-state index contributed by atoms with van der Waals surface area (Å²) < 4.78 is 1.95. The van der Waals surface area contributed by atoms with E-state index in [1.165, 1.54) is 0 Å². The maximum atomic E-state index is 5.72. The van der Waals surface area contributed by atoms with E-state index in [1.807, 2.05) is 24.0 Å². The van der Waals surface area contributed by atoms with Crippen molar-refractivity contribution in [3.63, 3.8) is 0 Å². The fourth-order valence-electron chi connectivity index (χ4n) is 1.51. The molecule has 0 aliphatic carbocycles. The normalized spacial score (nSPS) is 11.9. The Morgan fingerprint density at radius 3 is 3.06 bits per heavy atom. The van der Waals surface area contributed by atoms with Crippen LogP contribution in [0.15, 0.2) is 12.4 Å². The van der Waals surface area contributed by atoms with E-state index in [0.29, 0.717) is 13.1 Å². The third-order valence-corrected chi connectivity index (χ3v) is 2.36. The van der Waals surface area contributed by atoms with Gasteiger partial charge in [-0.15, -0.1) is 5.92 Å². The van der Waals surface area contributed by atoms with E-state index < -0.39 is 0 Å². The van der Waals surface area contributed by atoms with Crippen LogP contribution in [-0.4, -0.2) is 22.9 Å². The van der Waals surface area contributed by atoms with Gasteiger partial charge in [0, 0.05) is 30.9 Å². The SMILES string of the molecule is CC#CCNC(CN)c1cnn(CCC)c1. The predicted octanol–water partition coefficient (Wildman–Crippen LogP) is 0.906. The van der Waals surface area contributed by atoms with Crippen LogP contribution in [0.1, 0.15) is 31.9 Å². The highest BCUT2D eigenvalue weighted by Gasteiger charge is 2.10. The summed E-state index contributed by atoms with van der Waals surface area (Å²) in [4.78, 5) is 0. The van der Waals surface area contributed by atoms with Crippen LogP contribution in [0, 0.1) is 11.8 Å². The summed E-state index contributed by atoms with van der Waals surface area (Å²) in [6.07, 6.45) is 5.01. The Balaban J connectivity index is 2.58. The van der Waals surface area contributed by atoms with Crippen molar-refractivity contribution < 1.29 is 0 Å². The van der Waals surface area contributed by atoms with Gasteiger partial charge in [0.1, 0.15) is 0 Å². The number of rotatable bonds is 6. The summed E-state index contributed by atoms with van der Waals surface area (Å²) in [6, 6.07) is 0.145. The molecule has 0 saturated carbocycles. The number of nitrogens with zero attached hydrogens (tertiary/aromatic N) is 2. The van der Waals surface area contributed by atoms with Gasteiger partial charge in [0.15, 0.2) is 0 Å². The van der Waals surface area contributed by atoms with Crippen LogP contribution in [0.25, 0.3) is 0 Å². The van der Waals surface area contributed by atoms with E-state index in [2.05, 4.69) is 29.2 Å². The minimum atomic E-state index is 0.145. The predicted molar refractivity (Wildman–Crippen MR) is 65.8 cm³/mol. The highest BCUT2D eigenvalue weighted by atomic mass is 15.3. The van der Waals surface area contributed by atoms with Crippen LogP contribution in [0.5, 0.6) is 0 Å². The molecular formula is C12H20N4. The number of nitrogens with one attached hydrogen (secondary N) is 1. The van der Waals surface area contributed by atoms with Gasteiger partial charge in [-0.1, -0.05) is 12.8 Å². The summed E-state index contributed by atoms with van der Waals surface area (Å²) in [5.74, 6) is 5.82. The second-order valence-corrected chi connectivity index (χ2v) is 3.63. The van der Waals surface area contributed by atoms with E-state index in [1.54, 1.807) is 0 Å². The molecule has 0 spiro atoms. The summed E-state index contributed by atoms with van der Waals surface area (Å²) in [5.41, 5.74) is 6.86. The largest absolute Gasteiger partial charge is 0.329 e. The molecule has 1 atom stereocenters. The van der Waals surface area contributed by atoms with Crippen molar-refractivity contribution in [3.8, 4) is 11.8 Å². The van der Waals surface area contributed by atoms with Crippen molar-refractivity contribution in [2.45, 2.75) is 32.9 Å². The third kappa shape index (κ3) is 3.69. The number of nitrogens with two attached hydrogens (primary N) is 1. The molecule has 0 radical (unpaired) electrons. The van der Waals surface area contributed by atoms with Crippen molar-refractivity contribution in [1.29, 1.82) is 0 Å². The van der Waals surface area contributed by atoms with Gasteiger partial charge in [0.2, 0.25) is 0 Å². The maximum absolute atomic E-state index is 5.72. The van der Waals surface area contributed by atoms with Gasteiger partial charge >= 0.3 is 0 Å². The third-order valence-electron chi connectivity index (χ3n) is 2.36. The van der Waals surface area contributed by atoms with Gasteiger partial charge in [0.25, 0.3) is 0 Å². The van der Waals surface area contributed by atoms with Crippen LogP contribution in [0.3, 0.4) is 0 Å². The lowest BCUT2D eigenvalue weighted by Gasteiger charge is -2.12. The number of hydrogen-bond donors (Lipinski definition) is 2. The minimum Gasteiger partial charge on any atom is -0.329 e. The van der Waals surface area contributed by atoms with Crippen LogP contribution < -0.4 is 11.1 Å². The molecule has 1 aromatic heterocycles. The first-order chi connectivity index (χ1) is 7.81. The Morgan fingerprint density at radius 1 is 1.62 bits per heavy atom. The average Bonchev–Trinajstić information content (AvgIpc) is 2.74. The first kappa shape index (κ1) is 12.8. The highest BCUT2D eigenvalue weighted by Crippen LogP contribution is 2.10. The number of hydrogen-bond acceptors (Lipinski definition) is 3. The molecule has 0 bridgehead atoms. The van der Waals surface area contributed by atoms with Crippen LogP contribution in [0.2, 0.25) is 0 Å². The van der Waals surface area contributed by atoms with Crippen molar-refractivity contribution in [3.05, 3.63) is 18.0 Å². The molecule has 0 aromatic carbocycles. The van der Waals surface area contributed by atoms with Crippen LogP contribution in [0.4, 0.5) is 0 Å². The quantitative estimate of drug-likeness (QED) is 0.701. The smallest absolute Gasteiger partial charge is 0.0581 e. The zero-order valence-electron chi connectivity index (χ0n) is 10.0. The summed E-state index contributed by atoms with van der Waals surface area (Å²) in [5, 5.41) is 7.58. The van der Waals surface area contributed by atoms with Crippen molar-refractivity contribution in [1.82, 2.24) is 15.1 Å². The highest BCUT2D eigenvalue weighted by molar-refractivity contribution is 5.12. The van der Waals surface area contributed by atoms with E-state index >= 15 is 0 Å². The lowest BCUT2D eigenvalue weighted by atomic mass is 10.1. The summed E-state index contributed by atoms with van der Waals surface area (Å²) in [6.45, 7) is 6.14. The summed E-state index contributed by atoms with van der Waals surface area (Å²) >= 11 is 0. The fraction of sp³-hybridized carbons (Fsp3) is 0.583. The number of aromatic nitrogens is 2. The molecule has 1 unspecified atom stereocenters. The first-order valence-electron chi connectivity index (χ1n) is 5.67. The van der Waals surface area contributed by atoms with Gasteiger partial charge in [-0.05, 0) is 13.3 Å². The van der Waals surface area contributed by atoms with Gasteiger partial charge in [0.05, 0.1) is 12.7 Å². The van der Waals surface area contributed by atoms with Gasteiger partial charge in [-0.25, -0.2) is 0 Å². The molecule has 88 valence electrons. The van der Waals surface area contributed by atoms with Gasteiger partial charge in [-0.2, -0.15) is 5.10 Å². The molecule has 16 heavy (non-hydrogen) atoms. The second kappa shape index (κ2) is 7.04. The zero-order chi connectivity index (χ0) is 11.8.